The average molecular weight is 373 g/mol. The Bertz CT molecular complexity index is 716. The van der Waals surface area contributed by atoms with Crippen LogP contribution in [0.25, 0.3) is 0 Å². The number of aromatic nitrogens is 3. The molecule has 1 aliphatic heterocycles. The Morgan fingerprint density at radius 2 is 2.00 bits per heavy atom. The fraction of sp³-hybridized carbons (Fsp3) is 0.550. The molecule has 2 aromatic rings. The average Bonchev–Trinajstić information content (AvgIpc) is 2.87. The maximum atomic E-state index is 12.5. The Hall–Kier alpha value is -1.82. The van der Waals surface area contributed by atoms with Crippen molar-refractivity contribution in [1.82, 2.24) is 20.1 Å². The molecule has 0 spiro atoms. The molecular weight excluding hydrogens is 344 g/mol. The van der Waals surface area contributed by atoms with E-state index >= 15 is 0 Å². The van der Waals surface area contributed by atoms with Gasteiger partial charge in [-0.2, -0.15) is 0 Å². The van der Waals surface area contributed by atoms with Gasteiger partial charge in [-0.05, 0) is 45.1 Å². The molecule has 2 heterocycles. The molecular formula is C20H28N4OS. The summed E-state index contributed by atoms with van der Waals surface area (Å²) in [7, 11) is 0. The van der Waals surface area contributed by atoms with Crippen LogP contribution in [0.2, 0.25) is 0 Å². The van der Waals surface area contributed by atoms with Gasteiger partial charge in [0.1, 0.15) is 5.82 Å². The van der Waals surface area contributed by atoms with Crippen molar-refractivity contribution in [3.05, 3.63) is 41.7 Å². The lowest BCUT2D eigenvalue weighted by atomic mass is 10.1. The number of amides is 1. The molecule has 140 valence electrons. The highest BCUT2D eigenvalue weighted by Crippen LogP contribution is 2.25. The van der Waals surface area contributed by atoms with Crippen molar-refractivity contribution in [2.45, 2.75) is 75.4 Å². The molecule has 26 heavy (non-hydrogen) atoms. The van der Waals surface area contributed by atoms with Gasteiger partial charge < -0.3 is 9.88 Å². The number of rotatable bonds is 7. The van der Waals surface area contributed by atoms with Gasteiger partial charge in [-0.25, -0.2) is 0 Å². The third kappa shape index (κ3) is 5.10. The van der Waals surface area contributed by atoms with E-state index in [9.17, 15) is 4.79 Å². The SMILES string of the molecule is C[C@H](CCc1ccccc1)NC(=O)[C@@H](C)Sc1nnc2n1CCCCC2. The summed E-state index contributed by atoms with van der Waals surface area (Å²) in [5.74, 6) is 1.13. The number of carbonyl (C=O) groups is 1. The van der Waals surface area contributed by atoms with E-state index in [-0.39, 0.29) is 17.2 Å². The molecule has 0 saturated heterocycles. The number of carbonyl (C=O) groups excluding carboxylic acids is 1. The van der Waals surface area contributed by atoms with Gasteiger partial charge in [0.15, 0.2) is 5.16 Å². The normalized spacial score (nSPS) is 16.4. The van der Waals surface area contributed by atoms with Crippen molar-refractivity contribution in [2.24, 2.45) is 0 Å². The standard InChI is InChI=1S/C20H28N4OS/c1-15(12-13-17-9-5-3-6-10-17)21-19(25)16(2)26-20-23-22-18-11-7-4-8-14-24(18)20/h3,5-6,9-10,15-16H,4,7-8,11-14H2,1-2H3,(H,21,25)/t15-,16-/m1/s1. The van der Waals surface area contributed by atoms with Crippen LogP contribution < -0.4 is 5.32 Å². The molecule has 0 radical (unpaired) electrons. The smallest absolute Gasteiger partial charge is 0.233 e. The summed E-state index contributed by atoms with van der Waals surface area (Å²) in [6.07, 6.45) is 6.48. The Labute approximate surface area is 160 Å². The van der Waals surface area contributed by atoms with Gasteiger partial charge in [0, 0.05) is 19.0 Å². The zero-order valence-corrected chi connectivity index (χ0v) is 16.5. The van der Waals surface area contributed by atoms with Crippen molar-refractivity contribution >= 4 is 17.7 Å². The van der Waals surface area contributed by atoms with Crippen molar-refractivity contribution in [3.63, 3.8) is 0 Å². The molecule has 0 unspecified atom stereocenters. The number of aryl methyl sites for hydroxylation is 2. The summed E-state index contributed by atoms with van der Waals surface area (Å²) >= 11 is 1.52. The lowest BCUT2D eigenvalue weighted by Gasteiger charge is -2.17. The maximum Gasteiger partial charge on any atom is 0.233 e. The molecule has 5 nitrogen and oxygen atoms in total. The van der Waals surface area contributed by atoms with Crippen LogP contribution in [-0.4, -0.2) is 32.0 Å². The molecule has 0 bridgehead atoms. The van der Waals surface area contributed by atoms with E-state index in [0.717, 1.165) is 43.2 Å². The largest absolute Gasteiger partial charge is 0.353 e. The molecule has 0 fully saturated rings. The summed E-state index contributed by atoms with van der Waals surface area (Å²) in [5, 5.41) is 12.5. The molecule has 6 heteroatoms. The van der Waals surface area contributed by atoms with Crippen molar-refractivity contribution in [3.8, 4) is 0 Å². The highest BCUT2D eigenvalue weighted by atomic mass is 32.2. The van der Waals surface area contributed by atoms with Crippen LogP contribution in [0.15, 0.2) is 35.5 Å². The van der Waals surface area contributed by atoms with E-state index in [1.54, 1.807) is 0 Å². The topological polar surface area (TPSA) is 59.8 Å². The van der Waals surface area contributed by atoms with Crippen molar-refractivity contribution in [1.29, 1.82) is 0 Å². The minimum Gasteiger partial charge on any atom is -0.353 e. The minimum atomic E-state index is -0.175. The maximum absolute atomic E-state index is 12.5. The zero-order chi connectivity index (χ0) is 18.4. The Morgan fingerprint density at radius 1 is 1.19 bits per heavy atom. The Kier molecular flexibility index (Phi) is 6.72. The minimum absolute atomic E-state index is 0.0709. The van der Waals surface area contributed by atoms with E-state index in [2.05, 4.69) is 51.3 Å². The zero-order valence-electron chi connectivity index (χ0n) is 15.6. The number of hydrogen-bond donors (Lipinski definition) is 1. The predicted molar refractivity (Wildman–Crippen MR) is 105 cm³/mol. The number of hydrogen-bond acceptors (Lipinski definition) is 4. The molecule has 1 aliphatic rings. The first kappa shape index (κ1) is 19.0. The third-order valence-corrected chi connectivity index (χ3v) is 5.90. The summed E-state index contributed by atoms with van der Waals surface area (Å²) in [6, 6.07) is 10.5. The number of nitrogens with zero attached hydrogens (tertiary/aromatic N) is 3. The van der Waals surface area contributed by atoms with Gasteiger partial charge in [-0.15, -0.1) is 10.2 Å². The molecule has 1 aromatic heterocycles. The third-order valence-electron chi connectivity index (χ3n) is 4.82. The predicted octanol–water partition coefficient (Wildman–Crippen LogP) is 3.62. The van der Waals surface area contributed by atoms with Gasteiger partial charge in [-0.3, -0.25) is 4.79 Å². The summed E-state index contributed by atoms with van der Waals surface area (Å²) in [6.45, 7) is 4.98. The van der Waals surface area contributed by atoms with E-state index in [0.29, 0.717) is 0 Å². The van der Waals surface area contributed by atoms with Crippen LogP contribution in [0.5, 0.6) is 0 Å². The number of nitrogens with one attached hydrogen (secondary N) is 1. The highest BCUT2D eigenvalue weighted by molar-refractivity contribution is 8.00. The van der Waals surface area contributed by atoms with Crippen LogP contribution in [0.3, 0.4) is 0 Å². The number of benzene rings is 1. The first-order chi connectivity index (χ1) is 12.6. The first-order valence-corrected chi connectivity index (χ1v) is 10.4. The molecule has 1 amide bonds. The number of thioether (sulfide) groups is 1. The summed E-state index contributed by atoms with van der Waals surface area (Å²) in [4.78, 5) is 12.5. The molecule has 1 N–H and O–H groups in total. The molecule has 0 saturated carbocycles. The van der Waals surface area contributed by atoms with Crippen molar-refractivity contribution < 1.29 is 4.79 Å². The van der Waals surface area contributed by atoms with Crippen LogP contribution in [0.4, 0.5) is 0 Å². The second-order valence-electron chi connectivity index (χ2n) is 7.06. The lowest BCUT2D eigenvalue weighted by molar-refractivity contribution is -0.120. The van der Waals surface area contributed by atoms with E-state index in [4.69, 9.17) is 0 Å². The first-order valence-electron chi connectivity index (χ1n) is 9.56. The highest BCUT2D eigenvalue weighted by Gasteiger charge is 2.21. The van der Waals surface area contributed by atoms with E-state index < -0.39 is 0 Å². The Morgan fingerprint density at radius 3 is 2.81 bits per heavy atom. The molecule has 2 atom stereocenters. The summed E-state index contributed by atoms with van der Waals surface area (Å²) in [5.41, 5.74) is 1.31. The van der Waals surface area contributed by atoms with Crippen LogP contribution in [-0.2, 0) is 24.2 Å². The van der Waals surface area contributed by atoms with E-state index in [1.807, 2.05) is 13.0 Å². The number of fused-ring (bicyclic) bond motifs is 1. The fourth-order valence-corrected chi connectivity index (χ4v) is 4.12. The molecule has 1 aromatic carbocycles. The van der Waals surface area contributed by atoms with E-state index in [1.165, 1.54) is 30.2 Å². The Balaban J connectivity index is 1.49. The molecule has 0 aliphatic carbocycles. The van der Waals surface area contributed by atoms with Gasteiger partial charge in [0.25, 0.3) is 0 Å². The second kappa shape index (κ2) is 9.21. The van der Waals surface area contributed by atoms with Gasteiger partial charge in [0.05, 0.1) is 5.25 Å². The van der Waals surface area contributed by atoms with Crippen LogP contribution in [0.1, 0.15) is 50.9 Å². The fourth-order valence-electron chi connectivity index (χ4n) is 3.22. The lowest BCUT2D eigenvalue weighted by Crippen LogP contribution is -2.38. The van der Waals surface area contributed by atoms with Gasteiger partial charge >= 0.3 is 0 Å². The van der Waals surface area contributed by atoms with Crippen LogP contribution in [0, 0.1) is 0 Å². The van der Waals surface area contributed by atoms with Gasteiger partial charge in [-0.1, -0.05) is 48.5 Å². The second-order valence-corrected chi connectivity index (χ2v) is 8.36. The molecule has 3 rings (SSSR count). The summed E-state index contributed by atoms with van der Waals surface area (Å²) < 4.78 is 2.19. The quantitative estimate of drug-likeness (QED) is 0.754. The monoisotopic (exact) mass is 372 g/mol. The van der Waals surface area contributed by atoms with Gasteiger partial charge in [0.2, 0.25) is 5.91 Å². The van der Waals surface area contributed by atoms with Crippen LogP contribution >= 0.6 is 11.8 Å². The van der Waals surface area contributed by atoms with Crippen molar-refractivity contribution in [2.75, 3.05) is 0 Å².